The van der Waals surface area contributed by atoms with Crippen LogP contribution in [0.2, 0.25) is 0 Å². The van der Waals surface area contributed by atoms with Crippen molar-refractivity contribution in [3.8, 4) is 0 Å². The monoisotopic (exact) mass is 247 g/mol. The molecule has 0 bridgehead atoms. The first-order valence-electron chi connectivity index (χ1n) is 5.25. The topological polar surface area (TPSA) is 52.3 Å². The van der Waals surface area contributed by atoms with Crippen LogP contribution in [-0.2, 0) is 9.09 Å². The molecule has 0 heterocycles. The molecular formula is C13H14NO2P. The number of nitrogens with two attached hydrogens (primary N) is 1. The Bertz CT molecular complexity index is 554. The predicted octanol–water partition coefficient (Wildman–Crippen LogP) is 2.14. The number of benzene rings is 2. The Morgan fingerprint density at radius 2 is 1.59 bits per heavy atom. The van der Waals surface area contributed by atoms with Crippen LogP contribution in [-0.4, -0.2) is 7.11 Å². The highest BCUT2D eigenvalue weighted by molar-refractivity contribution is 7.74. The van der Waals surface area contributed by atoms with E-state index in [-0.39, 0.29) is 0 Å². The molecule has 0 spiro atoms. The largest absolute Gasteiger partial charge is 0.398 e. The third kappa shape index (κ3) is 2.12. The molecule has 0 radical (unpaired) electrons. The molecule has 1 atom stereocenters. The Hall–Kier alpha value is -1.57. The molecule has 0 saturated heterocycles. The van der Waals surface area contributed by atoms with E-state index in [1.165, 1.54) is 7.11 Å². The molecule has 0 aliphatic heterocycles. The van der Waals surface area contributed by atoms with Crippen molar-refractivity contribution in [3.63, 3.8) is 0 Å². The van der Waals surface area contributed by atoms with Crippen molar-refractivity contribution in [2.24, 2.45) is 0 Å². The molecule has 0 amide bonds. The molecule has 2 rings (SSSR count). The van der Waals surface area contributed by atoms with E-state index in [0.29, 0.717) is 16.3 Å². The van der Waals surface area contributed by atoms with Gasteiger partial charge in [-0.2, -0.15) is 0 Å². The standard InChI is InChI=1S/C13H14NO2P/c1-16-17(15,11-7-3-2-4-8-11)13-10-6-5-9-12(13)14/h2-10H,14H2,1H3. The van der Waals surface area contributed by atoms with Crippen LogP contribution in [0.25, 0.3) is 0 Å². The molecule has 0 saturated carbocycles. The van der Waals surface area contributed by atoms with Gasteiger partial charge in [-0.1, -0.05) is 30.3 Å². The lowest BCUT2D eigenvalue weighted by atomic mass is 10.3. The van der Waals surface area contributed by atoms with Gasteiger partial charge in [-0.3, -0.25) is 4.57 Å². The summed E-state index contributed by atoms with van der Waals surface area (Å²) >= 11 is 0. The Morgan fingerprint density at radius 3 is 2.18 bits per heavy atom. The van der Waals surface area contributed by atoms with Crippen LogP contribution in [0.4, 0.5) is 5.69 Å². The molecule has 1 unspecified atom stereocenters. The summed E-state index contributed by atoms with van der Waals surface area (Å²) in [5.41, 5.74) is 6.35. The zero-order valence-corrected chi connectivity index (χ0v) is 10.4. The molecule has 17 heavy (non-hydrogen) atoms. The summed E-state index contributed by atoms with van der Waals surface area (Å²) in [6, 6.07) is 16.2. The molecule has 2 aromatic rings. The van der Waals surface area contributed by atoms with Gasteiger partial charge in [-0.15, -0.1) is 0 Å². The third-order valence-corrected chi connectivity index (χ3v) is 5.14. The molecule has 88 valence electrons. The molecule has 0 fully saturated rings. The quantitative estimate of drug-likeness (QED) is 0.667. The fourth-order valence-electron chi connectivity index (χ4n) is 1.72. The fraction of sp³-hybridized carbons (Fsp3) is 0.0769. The molecule has 0 aliphatic rings. The van der Waals surface area contributed by atoms with Crippen LogP contribution in [0.1, 0.15) is 0 Å². The molecule has 2 aromatic carbocycles. The summed E-state index contributed by atoms with van der Waals surface area (Å²) < 4.78 is 18.2. The second kappa shape index (κ2) is 4.74. The van der Waals surface area contributed by atoms with Crippen molar-refractivity contribution >= 4 is 23.7 Å². The van der Waals surface area contributed by atoms with Crippen molar-refractivity contribution in [1.29, 1.82) is 0 Å². The first-order chi connectivity index (χ1) is 8.18. The van der Waals surface area contributed by atoms with Crippen molar-refractivity contribution < 1.29 is 9.09 Å². The summed E-state index contributed by atoms with van der Waals surface area (Å²) in [7, 11) is -1.62. The maximum Gasteiger partial charge on any atom is 0.263 e. The van der Waals surface area contributed by atoms with E-state index in [9.17, 15) is 4.57 Å². The van der Waals surface area contributed by atoms with E-state index in [1.807, 2.05) is 24.3 Å². The fourth-order valence-corrected chi connectivity index (χ4v) is 3.67. The van der Waals surface area contributed by atoms with Crippen LogP contribution < -0.4 is 16.3 Å². The van der Waals surface area contributed by atoms with Crippen LogP contribution in [0.3, 0.4) is 0 Å². The number of rotatable bonds is 3. The lowest BCUT2D eigenvalue weighted by Gasteiger charge is -2.18. The summed E-state index contributed by atoms with van der Waals surface area (Å²) in [6.07, 6.45) is 0. The van der Waals surface area contributed by atoms with E-state index in [1.54, 1.807) is 30.3 Å². The molecular weight excluding hydrogens is 233 g/mol. The Kier molecular flexibility index (Phi) is 3.32. The molecule has 4 heteroatoms. The average molecular weight is 247 g/mol. The third-order valence-electron chi connectivity index (χ3n) is 2.61. The SMILES string of the molecule is COP(=O)(c1ccccc1)c1ccccc1N. The van der Waals surface area contributed by atoms with Crippen molar-refractivity contribution in [2.75, 3.05) is 12.8 Å². The van der Waals surface area contributed by atoms with E-state index in [2.05, 4.69) is 0 Å². The highest BCUT2D eigenvalue weighted by Crippen LogP contribution is 2.44. The van der Waals surface area contributed by atoms with Crippen LogP contribution >= 0.6 is 7.37 Å². The minimum absolute atomic E-state index is 0.488. The van der Waals surface area contributed by atoms with Crippen molar-refractivity contribution in [1.82, 2.24) is 0 Å². The van der Waals surface area contributed by atoms with Crippen LogP contribution in [0.5, 0.6) is 0 Å². The van der Waals surface area contributed by atoms with Gasteiger partial charge < -0.3 is 10.3 Å². The summed E-state index contributed by atoms with van der Waals surface area (Å²) in [5, 5.41) is 1.20. The van der Waals surface area contributed by atoms with Gasteiger partial charge in [0.25, 0.3) is 7.37 Å². The number of hydrogen-bond acceptors (Lipinski definition) is 3. The van der Waals surface area contributed by atoms with Crippen molar-refractivity contribution in [3.05, 3.63) is 54.6 Å². The second-order valence-electron chi connectivity index (χ2n) is 3.63. The average Bonchev–Trinajstić information content (AvgIpc) is 2.39. The number of para-hydroxylation sites is 1. The van der Waals surface area contributed by atoms with Gasteiger partial charge in [-0.25, -0.2) is 0 Å². The smallest absolute Gasteiger partial charge is 0.263 e. The van der Waals surface area contributed by atoms with Gasteiger partial charge in [0.1, 0.15) is 0 Å². The van der Waals surface area contributed by atoms with Crippen molar-refractivity contribution in [2.45, 2.75) is 0 Å². The zero-order chi connectivity index (χ0) is 12.3. The lowest BCUT2D eigenvalue weighted by Crippen LogP contribution is -2.19. The Balaban J connectivity index is 2.61. The highest BCUT2D eigenvalue weighted by atomic mass is 31.2. The molecule has 2 N–H and O–H groups in total. The van der Waals surface area contributed by atoms with Gasteiger partial charge in [-0.05, 0) is 24.3 Å². The highest BCUT2D eigenvalue weighted by Gasteiger charge is 2.28. The number of nitrogen functional groups attached to an aromatic ring is 1. The molecule has 0 aromatic heterocycles. The first-order valence-corrected chi connectivity index (χ1v) is 6.87. The summed E-state index contributed by atoms with van der Waals surface area (Å²) in [4.78, 5) is 0. The maximum absolute atomic E-state index is 12.9. The minimum atomic E-state index is -3.07. The maximum atomic E-state index is 12.9. The number of hydrogen-bond donors (Lipinski definition) is 1. The van der Waals surface area contributed by atoms with E-state index in [0.717, 1.165) is 0 Å². The van der Waals surface area contributed by atoms with Gasteiger partial charge >= 0.3 is 0 Å². The first kappa shape index (κ1) is 11.9. The van der Waals surface area contributed by atoms with Gasteiger partial charge in [0, 0.05) is 18.1 Å². The minimum Gasteiger partial charge on any atom is -0.398 e. The second-order valence-corrected chi connectivity index (χ2v) is 6.09. The normalized spacial score (nSPS) is 14.2. The van der Waals surface area contributed by atoms with E-state index in [4.69, 9.17) is 10.3 Å². The van der Waals surface area contributed by atoms with Gasteiger partial charge in [0.2, 0.25) is 0 Å². The Morgan fingerprint density at radius 1 is 1.00 bits per heavy atom. The van der Waals surface area contributed by atoms with Gasteiger partial charge in [0.15, 0.2) is 0 Å². The summed E-state index contributed by atoms with van der Waals surface area (Å²) in [6.45, 7) is 0. The molecule has 0 aliphatic carbocycles. The lowest BCUT2D eigenvalue weighted by molar-refractivity contribution is 0.412. The van der Waals surface area contributed by atoms with E-state index >= 15 is 0 Å². The van der Waals surface area contributed by atoms with Gasteiger partial charge in [0.05, 0.1) is 5.30 Å². The van der Waals surface area contributed by atoms with Crippen LogP contribution in [0, 0.1) is 0 Å². The Labute approximate surface area is 101 Å². The van der Waals surface area contributed by atoms with Crippen LogP contribution in [0.15, 0.2) is 54.6 Å². The predicted molar refractivity (Wildman–Crippen MR) is 71.2 cm³/mol. The zero-order valence-electron chi connectivity index (χ0n) is 9.54. The molecule has 3 nitrogen and oxygen atoms in total. The summed E-state index contributed by atoms with van der Waals surface area (Å²) in [5.74, 6) is 0. The number of anilines is 1. The van der Waals surface area contributed by atoms with E-state index < -0.39 is 7.37 Å².